The Bertz CT molecular complexity index is 904. The minimum absolute atomic E-state index is 0.0468. The van der Waals surface area contributed by atoms with E-state index in [-0.39, 0.29) is 17.1 Å². The highest BCUT2D eigenvalue weighted by molar-refractivity contribution is 6.01. The molecule has 0 radical (unpaired) electrons. The normalized spacial score (nSPS) is 21.1. The summed E-state index contributed by atoms with van der Waals surface area (Å²) in [5.41, 5.74) is 5.86. The van der Waals surface area contributed by atoms with Gasteiger partial charge in [0.15, 0.2) is 5.78 Å². The van der Waals surface area contributed by atoms with E-state index in [1.807, 2.05) is 21.0 Å². The lowest BCUT2D eigenvalue weighted by atomic mass is 9.69. The van der Waals surface area contributed by atoms with Gasteiger partial charge >= 0.3 is 0 Å². The Morgan fingerprint density at radius 2 is 1.88 bits per heavy atom. The second-order valence-electron chi connectivity index (χ2n) is 8.39. The number of carbonyl (C=O) groups excluding carboxylic acids is 1. The van der Waals surface area contributed by atoms with E-state index in [2.05, 4.69) is 53.5 Å². The highest BCUT2D eigenvalue weighted by Crippen LogP contribution is 2.49. The third-order valence-electron chi connectivity index (χ3n) is 5.41. The summed E-state index contributed by atoms with van der Waals surface area (Å²) < 4.78 is 5.54. The minimum atomic E-state index is -0.118. The monoisotopic (exact) mass is 351 g/mol. The van der Waals surface area contributed by atoms with E-state index >= 15 is 0 Å². The van der Waals surface area contributed by atoms with E-state index in [9.17, 15) is 4.79 Å². The molecule has 136 valence electrons. The number of anilines is 2. The number of hydrogen-bond donors (Lipinski definition) is 1. The molecule has 1 atom stereocenters. The largest absolute Gasteiger partial charge is 0.378 e. The predicted molar refractivity (Wildman–Crippen MR) is 103 cm³/mol. The third kappa shape index (κ3) is 2.62. The van der Waals surface area contributed by atoms with Crippen molar-refractivity contribution in [1.29, 1.82) is 0 Å². The first-order chi connectivity index (χ1) is 12.3. The van der Waals surface area contributed by atoms with Crippen LogP contribution in [0.1, 0.15) is 49.4 Å². The smallest absolute Gasteiger partial charge is 0.233 e. The number of hydrogen-bond acceptors (Lipinski definition) is 5. The number of aryl methyl sites for hydroxylation is 1. The van der Waals surface area contributed by atoms with Gasteiger partial charge in [0.05, 0.1) is 11.3 Å². The zero-order valence-corrected chi connectivity index (χ0v) is 16.0. The maximum Gasteiger partial charge on any atom is 0.233 e. The fraction of sp³-hybridized carbons (Fsp3) is 0.429. The quantitative estimate of drug-likeness (QED) is 0.876. The molecule has 0 amide bonds. The molecule has 0 unspecified atom stereocenters. The molecule has 0 saturated carbocycles. The first-order valence-electron chi connectivity index (χ1n) is 9.03. The topological polar surface area (TPSA) is 58.4 Å². The average Bonchev–Trinajstić information content (AvgIpc) is 2.93. The third-order valence-corrected chi connectivity index (χ3v) is 5.41. The van der Waals surface area contributed by atoms with Crippen LogP contribution >= 0.6 is 0 Å². The molecule has 2 aliphatic rings. The molecule has 5 heteroatoms. The van der Waals surface area contributed by atoms with Crippen LogP contribution in [0.5, 0.6) is 0 Å². The summed E-state index contributed by atoms with van der Waals surface area (Å²) in [6, 6.07) is 8.41. The van der Waals surface area contributed by atoms with Crippen LogP contribution in [0.2, 0.25) is 0 Å². The number of fused-ring (bicyclic) bond motifs is 1. The van der Waals surface area contributed by atoms with Crippen LogP contribution in [0.4, 0.5) is 11.6 Å². The Balaban J connectivity index is 1.88. The van der Waals surface area contributed by atoms with Gasteiger partial charge in [-0.3, -0.25) is 4.79 Å². The van der Waals surface area contributed by atoms with Crippen molar-refractivity contribution in [3.05, 3.63) is 52.4 Å². The van der Waals surface area contributed by atoms with E-state index in [4.69, 9.17) is 4.52 Å². The van der Waals surface area contributed by atoms with Gasteiger partial charge in [-0.1, -0.05) is 31.1 Å². The van der Waals surface area contributed by atoms with Crippen LogP contribution in [0.3, 0.4) is 0 Å². The number of aromatic nitrogens is 1. The predicted octanol–water partition coefficient (Wildman–Crippen LogP) is 4.25. The lowest BCUT2D eigenvalue weighted by Gasteiger charge is -2.37. The summed E-state index contributed by atoms with van der Waals surface area (Å²) in [5.74, 6) is 0.775. The van der Waals surface area contributed by atoms with Crippen molar-refractivity contribution in [2.24, 2.45) is 5.41 Å². The van der Waals surface area contributed by atoms with Gasteiger partial charge in [-0.15, -0.1) is 0 Å². The first kappa shape index (κ1) is 16.9. The molecule has 1 N–H and O–H groups in total. The molecule has 1 aromatic heterocycles. The van der Waals surface area contributed by atoms with Crippen LogP contribution in [0.25, 0.3) is 0 Å². The molecule has 5 nitrogen and oxygen atoms in total. The Kier molecular flexibility index (Phi) is 3.72. The van der Waals surface area contributed by atoms with Crippen LogP contribution in [0, 0.1) is 12.3 Å². The molecule has 0 saturated heterocycles. The molecule has 4 rings (SSSR count). The van der Waals surface area contributed by atoms with Crippen molar-refractivity contribution in [2.45, 2.75) is 39.5 Å². The Labute approximate surface area is 154 Å². The van der Waals surface area contributed by atoms with Crippen LogP contribution < -0.4 is 10.2 Å². The van der Waals surface area contributed by atoms with Gasteiger partial charge in [0.1, 0.15) is 0 Å². The maximum atomic E-state index is 13.1. The summed E-state index contributed by atoms with van der Waals surface area (Å²) in [4.78, 5) is 15.2. The van der Waals surface area contributed by atoms with Gasteiger partial charge in [-0.2, -0.15) is 0 Å². The Morgan fingerprint density at radius 1 is 1.19 bits per heavy atom. The fourth-order valence-electron chi connectivity index (χ4n) is 4.17. The molecular weight excluding hydrogens is 326 g/mol. The summed E-state index contributed by atoms with van der Waals surface area (Å²) >= 11 is 0. The number of allylic oxidation sites excluding steroid dienone is 2. The average molecular weight is 351 g/mol. The summed E-state index contributed by atoms with van der Waals surface area (Å²) in [7, 11) is 4.05. The minimum Gasteiger partial charge on any atom is -0.378 e. The second-order valence-corrected chi connectivity index (χ2v) is 8.39. The highest BCUT2D eigenvalue weighted by atomic mass is 16.5. The second kappa shape index (κ2) is 5.73. The van der Waals surface area contributed by atoms with E-state index in [0.717, 1.165) is 40.2 Å². The molecule has 0 bridgehead atoms. The van der Waals surface area contributed by atoms with E-state index < -0.39 is 0 Å². The standard InChI is InChI=1S/C21H25N3O2/c1-12-17-18(13-6-8-14(9-7-13)24(4)5)19-15(22-20(17)26-23-12)10-21(2,3)11-16(19)25/h6-9,18,22H,10-11H2,1-5H3/t18-/m0/s1. The molecule has 0 fully saturated rings. The van der Waals surface area contributed by atoms with Gasteiger partial charge in [0.25, 0.3) is 0 Å². The van der Waals surface area contributed by atoms with Crippen molar-refractivity contribution in [3.63, 3.8) is 0 Å². The lowest BCUT2D eigenvalue weighted by molar-refractivity contribution is -0.118. The zero-order chi connectivity index (χ0) is 18.6. The van der Waals surface area contributed by atoms with Crippen molar-refractivity contribution in [2.75, 3.05) is 24.3 Å². The van der Waals surface area contributed by atoms with Crippen molar-refractivity contribution >= 4 is 17.4 Å². The summed E-state index contributed by atoms with van der Waals surface area (Å²) in [6.45, 7) is 6.21. The number of Topliss-reactive ketones (excluding diaryl/α,β-unsaturated/α-hetero) is 1. The molecule has 2 aromatic rings. The molecule has 1 aromatic carbocycles. The molecular formula is C21H25N3O2. The van der Waals surface area contributed by atoms with Gasteiger partial charge in [-0.25, -0.2) is 0 Å². The fourth-order valence-corrected chi connectivity index (χ4v) is 4.17. The van der Waals surface area contributed by atoms with Crippen LogP contribution in [-0.2, 0) is 4.79 Å². The van der Waals surface area contributed by atoms with E-state index in [1.54, 1.807) is 0 Å². The molecule has 26 heavy (non-hydrogen) atoms. The Morgan fingerprint density at radius 3 is 2.54 bits per heavy atom. The number of rotatable bonds is 2. The first-order valence-corrected chi connectivity index (χ1v) is 9.03. The van der Waals surface area contributed by atoms with Gasteiger partial charge in [0.2, 0.25) is 5.88 Å². The molecule has 2 heterocycles. The molecule has 1 aliphatic heterocycles. The Hall–Kier alpha value is -2.56. The summed E-state index contributed by atoms with van der Waals surface area (Å²) in [6.07, 6.45) is 1.40. The maximum absolute atomic E-state index is 13.1. The van der Waals surface area contributed by atoms with Crippen molar-refractivity contribution in [1.82, 2.24) is 5.16 Å². The van der Waals surface area contributed by atoms with Crippen LogP contribution in [0.15, 0.2) is 40.1 Å². The highest BCUT2D eigenvalue weighted by Gasteiger charge is 2.42. The lowest BCUT2D eigenvalue weighted by Crippen LogP contribution is -2.33. The number of ketones is 1. The van der Waals surface area contributed by atoms with E-state index in [1.165, 1.54) is 0 Å². The van der Waals surface area contributed by atoms with Crippen LogP contribution in [-0.4, -0.2) is 25.0 Å². The number of carbonyl (C=O) groups is 1. The molecule has 0 spiro atoms. The summed E-state index contributed by atoms with van der Waals surface area (Å²) in [5, 5.41) is 7.51. The SMILES string of the molecule is Cc1noc2c1[C@H](c1ccc(N(C)C)cc1)C1=C(CC(C)(C)CC1=O)N2. The van der Waals surface area contributed by atoms with Gasteiger partial charge < -0.3 is 14.7 Å². The van der Waals surface area contributed by atoms with Gasteiger partial charge in [-0.05, 0) is 36.5 Å². The van der Waals surface area contributed by atoms with Gasteiger partial charge in [0, 0.05) is 43.4 Å². The van der Waals surface area contributed by atoms with E-state index in [0.29, 0.717) is 12.3 Å². The number of nitrogens with one attached hydrogen (secondary N) is 1. The number of nitrogens with zero attached hydrogens (tertiary/aromatic N) is 2. The number of benzene rings is 1. The van der Waals surface area contributed by atoms with Crippen molar-refractivity contribution in [3.8, 4) is 0 Å². The van der Waals surface area contributed by atoms with Crippen molar-refractivity contribution < 1.29 is 9.32 Å². The zero-order valence-electron chi connectivity index (χ0n) is 16.0. The molecule has 1 aliphatic carbocycles.